The van der Waals surface area contributed by atoms with Gasteiger partial charge in [0.25, 0.3) is 0 Å². The van der Waals surface area contributed by atoms with Crippen molar-refractivity contribution >= 4 is 29.0 Å². The maximum atomic E-state index is 12.4. The molecule has 0 spiro atoms. The molecular formula is C25H34N6O6. The highest BCUT2D eigenvalue weighted by Gasteiger charge is 2.58. The number of aromatic nitrogens is 3. The molecule has 1 aliphatic heterocycles. The van der Waals surface area contributed by atoms with Crippen molar-refractivity contribution in [3.05, 3.63) is 24.2 Å². The van der Waals surface area contributed by atoms with E-state index in [9.17, 15) is 24.8 Å². The fourth-order valence-electron chi connectivity index (χ4n) is 4.34. The number of carbonyl (C=O) groups excluding carboxylic acids is 3. The van der Waals surface area contributed by atoms with Crippen LogP contribution in [0.4, 0.5) is 5.82 Å². The monoisotopic (exact) mass is 514 g/mol. The van der Waals surface area contributed by atoms with E-state index in [1.165, 1.54) is 10.8 Å². The van der Waals surface area contributed by atoms with Gasteiger partial charge >= 0.3 is 5.97 Å². The molecule has 37 heavy (non-hydrogen) atoms. The second kappa shape index (κ2) is 11.8. The average molecular weight is 515 g/mol. The van der Waals surface area contributed by atoms with E-state index in [-0.39, 0.29) is 48.6 Å². The summed E-state index contributed by atoms with van der Waals surface area (Å²) in [6.45, 7) is 6.85. The molecule has 2 aromatic heterocycles. The third-order valence-electron chi connectivity index (χ3n) is 6.61. The molecule has 0 saturated carbocycles. The number of ether oxygens (including phenoxy) is 2. The van der Waals surface area contributed by atoms with Crippen LogP contribution >= 0.6 is 0 Å². The Kier molecular flexibility index (Phi) is 8.96. The molecule has 200 valence electrons. The van der Waals surface area contributed by atoms with Crippen molar-refractivity contribution in [2.24, 2.45) is 17.6 Å². The Labute approximate surface area is 215 Å². The van der Waals surface area contributed by atoms with Crippen molar-refractivity contribution in [2.45, 2.75) is 77.2 Å². The SMILES string of the molecule is CCCC(=O)Nc1ncnn2c([C@]3(C#N)O[C@H](COC(=O)C(N)C(C)C)[C@@H](CC(=O)CC)[C@H]3O)ccc12. The summed E-state index contributed by atoms with van der Waals surface area (Å²) in [7, 11) is 0. The topological polar surface area (TPSA) is 182 Å². The van der Waals surface area contributed by atoms with Gasteiger partial charge in [0.1, 0.15) is 48.6 Å². The molecule has 2 aromatic rings. The van der Waals surface area contributed by atoms with Crippen molar-refractivity contribution in [1.82, 2.24) is 14.6 Å². The van der Waals surface area contributed by atoms with E-state index in [2.05, 4.69) is 21.5 Å². The summed E-state index contributed by atoms with van der Waals surface area (Å²) in [4.78, 5) is 41.0. The van der Waals surface area contributed by atoms with Gasteiger partial charge in [-0.15, -0.1) is 0 Å². The van der Waals surface area contributed by atoms with Crippen LogP contribution in [0.2, 0.25) is 0 Å². The Morgan fingerprint density at radius 2 is 2.08 bits per heavy atom. The lowest BCUT2D eigenvalue weighted by molar-refractivity contribution is -0.152. The number of hydrogen-bond acceptors (Lipinski definition) is 10. The molecule has 1 amide bonds. The maximum Gasteiger partial charge on any atom is 0.323 e. The molecule has 12 nitrogen and oxygen atoms in total. The summed E-state index contributed by atoms with van der Waals surface area (Å²) in [5.74, 6) is -1.75. The van der Waals surface area contributed by atoms with E-state index >= 15 is 0 Å². The van der Waals surface area contributed by atoms with Crippen LogP contribution in [0, 0.1) is 23.2 Å². The Morgan fingerprint density at radius 3 is 2.70 bits per heavy atom. The summed E-state index contributed by atoms with van der Waals surface area (Å²) in [5, 5.41) is 28.6. The Balaban J connectivity index is 1.98. The molecule has 1 saturated heterocycles. The highest BCUT2D eigenvalue weighted by atomic mass is 16.6. The number of ketones is 1. The zero-order valence-corrected chi connectivity index (χ0v) is 21.5. The van der Waals surface area contributed by atoms with Gasteiger partial charge in [0.05, 0.1) is 5.69 Å². The quantitative estimate of drug-likeness (QED) is 0.371. The number of hydrogen-bond donors (Lipinski definition) is 3. The van der Waals surface area contributed by atoms with E-state index in [0.29, 0.717) is 18.4 Å². The van der Waals surface area contributed by atoms with Gasteiger partial charge in [-0.05, 0) is 24.5 Å². The maximum absolute atomic E-state index is 12.4. The number of nitrogens with two attached hydrogens (primary N) is 1. The van der Waals surface area contributed by atoms with Crippen molar-refractivity contribution in [3.8, 4) is 6.07 Å². The number of rotatable bonds is 11. The lowest BCUT2D eigenvalue weighted by Gasteiger charge is -2.25. The van der Waals surface area contributed by atoms with Crippen LogP contribution in [-0.2, 0) is 29.5 Å². The molecule has 3 rings (SSSR count). The normalized spacial score (nSPS) is 24.1. The molecule has 1 unspecified atom stereocenters. The molecule has 0 aliphatic carbocycles. The Bertz CT molecular complexity index is 1190. The third-order valence-corrected chi connectivity index (χ3v) is 6.61. The van der Waals surface area contributed by atoms with Gasteiger partial charge in [0.15, 0.2) is 5.82 Å². The second-order valence-corrected chi connectivity index (χ2v) is 9.53. The minimum Gasteiger partial charge on any atom is -0.462 e. The highest BCUT2D eigenvalue weighted by molar-refractivity contribution is 5.93. The number of anilines is 1. The fraction of sp³-hybridized carbons (Fsp3) is 0.600. The van der Waals surface area contributed by atoms with Crippen molar-refractivity contribution in [2.75, 3.05) is 11.9 Å². The van der Waals surface area contributed by atoms with Crippen LogP contribution in [0.25, 0.3) is 5.52 Å². The van der Waals surface area contributed by atoms with Crippen LogP contribution in [0.1, 0.15) is 59.1 Å². The smallest absolute Gasteiger partial charge is 0.323 e. The molecule has 5 atom stereocenters. The van der Waals surface area contributed by atoms with Crippen LogP contribution in [0.15, 0.2) is 18.5 Å². The van der Waals surface area contributed by atoms with Gasteiger partial charge in [-0.1, -0.05) is 27.7 Å². The number of nitriles is 1. The first-order chi connectivity index (χ1) is 17.6. The summed E-state index contributed by atoms with van der Waals surface area (Å²) >= 11 is 0. The molecular weight excluding hydrogens is 480 g/mol. The Hall–Kier alpha value is -3.40. The van der Waals surface area contributed by atoms with E-state index in [4.69, 9.17) is 15.2 Å². The zero-order chi connectivity index (χ0) is 27.3. The number of carbonyl (C=O) groups is 3. The van der Waals surface area contributed by atoms with Gasteiger partial charge in [-0.2, -0.15) is 10.4 Å². The lowest BCUT2D eigenvalue weighted by atomic mass is 9.84. The second-order valence-electron chi connectivity index (χ2n) is 9.53. The van der Waals surface area contributed by atoms with Crippen molar-refractivity contribution in [3.63, 3.8) is 0 Å². The lowest BCUT2D eigenvalue weighted by Crippen LogP contribution is -2.39. The molecule has 1 fully saturated rings. The molecule has 0 radical (unpaired) electrons. The van der Waals surface area contributed by atoms with Crippen molar-refractivity contribution in [1.29, 1.82) is 5.26 Å². The third kappa shape index (κ3) is 5.64. The summed E-state index contributed by atoms with van der Waals surface area (Å²) in [6, 6.07) is 4.37. The molecule has 3 heterocycles. The number of aliphatic hydroxyl groups is 1. The van der Waals surface area contributed by atoms with Crippen molar-refractivity contribution < 1.29 is 29.0 Å². The minimum atomic E-state index is -1.93. The minimum absolute atomic E-state index is 0.0732. The number of aliphatic hydroxyl groups excluding tert-OH is 1. The summed E-state index contributed by atoms with van der Waals surface area (Å²) in [6.07, 6.45) is -0.0582. The summed E-state index contributed by atoms with van der Waals surface area (Å²) in [5.41, 5.74) is 4.53. The van der Waals surface area contributed by atoms with E-state index in [0.717, 1.165) is 0 Å². The predicted octanol–water partition coefficient (Wildman–Crippen LogP) is 1.46. The number of nitrogens with zero attached hydrogens (tertiary/aromatic N) is 4. The molecule has 1 aliphatic rings. The van der Waals surface area contributed by atoms with E-state index in [1.54, 1.807) is 32.9 Å². The van der Waals surface area contributed by atoms with Crippen LogP contribution in [0.5, 0.6) is 0 Å². The molecule has 0 bridgehead atoms. The van der Waals surface area contributed by atoms with Crippen LogP contribution < -0.4 is 11.1 Å². The zero-order valence-electron chi connectivity index (χ0n) is 21.5. The first kappa shape index (κ1) is 28.2. The van der Waals surface area contributed by atoms with E-state index in [1.807, 2.05) is 6.92 Å². The fourth-order valence-corrected chi connectivity index (χ4v) is 4.34. The Morgan fingerprint density at radius 1 is 1.35 bits per heavy atom. The average Bonchev–Trinajstić information content (AvgIpc) is 3.42. The van der Waals surface area contributed by atoms with E-state index < -0.39 is 35.7 Å². The predicted molar refractivity (Wildman–Crippen MR) is 132 cm³/mol. The number of fused-ring (bicyclic) bond motifs is 1. The standard InChI is InChI=1S/C25H34N6O6/c1-5-7-20(33)30-23-17-8-9-19(31(17)29-13-28-23)25(12-26)22(34)16(10-15(32)6-2)18(37-25)11-36-24(35)21(27)14(3)4/h8-9,13-14,16,18,21-22,34H,5-7,10-11,27H2,1-4H3,(H,28,29,30,33)/t16-,18-,21?,22-,25+/m1/s1. The molecule has 12 heteroatoms. The van der Waals surface area contributed by atoms with Gasteiger partial charge in [0.2, 0.25) is 11.5 Å². The highest BCUT2D eigenvalue weighted by Crippen LogP contribution is 2.45. The van der Waals surface area contributed by atoms with Gasteiger partial charge in [-0.3, -0.25) is 14.4 Å². The van der Waals surface area contributed by atoms with Gasteiger partial charge < -0.3 is 25.6 Å². The molecule has 0 aromatic carbocycles. The number of esters is 1. The number of Topliss-reactive ketones (excluding diaryl/α,β-unsaturated/α-hetero) is 1. The van der Waals surface area contributed by atoms with Crippen LogP contribution in [0.3, 0.4) is 0 Å². The number of nitrogens with one attached hydrogen (secondary N) is 1. The summed E-state index contributed by atoms with van der Waals surface area (Å²) < 4.78 is 12.9. The van der Waals surface area contributed by atoms with Crippen LogP contribution in [-0.4, -0.2) is 62.2 Å². The molecule has 4 N–H and O–H groups in total. The first-order valence-electron chi connectivity index (χ1n) is 12.4. The van der Waals surface area contributed by atoms with Gasteiger partial charge in [-0.25, -0.2) is 9.50 Å². The van der Waals surface area contributed by atoms with Gasteiger partial charge in [0, 0.05) is 25.2 Å². The number of amides is 1. The first-order valence-corrected chi connectivity index (χ1v) is 12.4. The largest absolute Gasteiger partial charge is 0.462 e.